The molecule has 0 saturated carbocycles. The highest BCUT2D eigenvalue weighted by Crippen LogP contribution is 2.35. The summed E-state index contributed by atoms with van der Waals surface area (Å²) in [4.78, 5) is 8.67. The summed E-state index contributed by atoms with van der Waals surface area (Å²) in [6, 6.07) is 0. The number of halogens is 2. The summed E-state index contributed by atoms with van der Waals surface area (Å²) in [6.07, 6.45) is 1.44. The van der Waals surface area contributed by atoms with E-state index in [9.17, 15) is 0 Å². The minimum absolute atomic E-state index is 0.385. The fourth-order valence-electron chi connectivity index (χ4n) is 2.08. The Bertz CT molecular complexity index is 406. The van der Waals surface area contributed by atoms with E-state index in [1.807, 2.05) is 6.92 Å². The molecule has 2 heterocycles. The minimum Gasteiger partial charge on any atom is -0.381 e. The monoisotopic (exact) mass is 290 g/mol. The van der Waals surface area contributed by atoms with Crippen molar-refractivity contribution in [2.24, 2.45) is 0 Å². The van der Waals surface area contributed by atoms with Crippen LogP contribution in [0.3, 0.4) is 0 Å². The third kappa shape index (κ3) is 2.62. The first-order valence-corrected chi connectivity index (χ1v) is 6.76. The van der Waals surface area contributed by atoms with Crippen LogP contribution in [0.2, 0.25) is 10.3 Å². The number of ether oxygens (including phenoxy) is 2. The molecule has 1 aromatic rings. The van der Waals surface area contributed by atoms with Crippen molar-refractivity contribution in [1.29, 1.82) is 0 Å². The van der Waals surface area contributed by atoms with E-state index < -0.39 is 5.60 Å². The molecule has 0 atom stereocenters. The van der Waals surface area contributed by atoms with Gasteiger partial charge >= 0.3 is 0 Å². The molecule has 0 aromatic carbocycles. The molecule has 0 unspecified atom stereocenters. The molecule has 1 fully saturated rings. The van der Waals surface area contributed by atoms with Crippen molar-refractivity contribution in [2.45, 2.75) is 32.3 Å². The molecule has 0 aliphatic carbocycles. The van der Waals surface area contributed by atoms with Crippen molar-refractivity contribution >= 4 is 23.2 Å². The average Bonchev–Trinajstić information content (AvgIpc) is 2.37. The Morgan fingerprint density at radius 1 is 1.22 bits per heavy atom. The van der Waals surface area contributed by atoms with E-state index in [1.54, 1.807) is 6.92 Å². The van der Waals surface area contributed by atoms with Crippen molar-refractivity contribution in [1.82, 2.24) is 9.97 Å². The Morgan fingerprint density at radius 3 is 2.28 bits per heavy atom. The van der Waals surface area contributed by atoms with Gasteiger partial charge in [0.25, 0.3) is 0 Å². The predicted molar refractivity (Wildman–Crippen MR) is 70.1 cm³/mol. The smallest absolute Gasteiger partial charge is 0.163 e. The third-order valence-electron chi connectivity index (χ3n) is 3.16. The third-order valence-corrected chi connectivity index (χ3v) is 3.89. The van der Waals surface area contributed by atoms with Gasteiger partial charge in [0.1, 0.15) is 15.9 Å². The van der Waals surface area contributed by atoms with Crippen LogP contribution in [0.25, 0.3) is 0 Å². The highest BCUT2D eigenvalue weighted by atomic mass is 35.5. The van der Waals surface area contributed by atoms with Crippen molar-refractivity contribution < 1.29 is 9.47 Å². The first-order valence-electron chi connectivity index (χ1n) is 6.01. The number of hydrogen-bond donors (Lipinski definition) is 0. The predicted octanol–water partition coefficient (Wildman–Crippen LogP) is 3.13. The second-order valence-corrected chi connectivity index (χ2v) is 5.01. The maximum absolute atomic E-state index is 6.08. The van der Waals surface area contributed by atoms with Crippen molar-refractivity contribution in [3.63, 3.8) is 0 Å². The molecule has 0 bridgehead atoms. The van der Waals surface area contributed by atoms with Gasteiger partial charge in [0.05, 0.1) is 0 Å². The number of nitrogens with zero attached hydrogens (tertiary/aromatic N) is 2. The number of aromatic nitrogens is 2. The largest absolute Gasteiger partial charge is 0.381 e. The Labute approximate surface area is 117 Å². The highest BCUT2D eigenvalue weighted by Gasteiger charge is 2.38. The lowest BCUT2D eigenvalue weighted by Gasteiger charge is -2.35. The second kappa shape index (κ2) is 5.70. The summed E-state index contributed by atoms with van der Waals surface area (Å²) in [5.41, 5.74) is 0.175. The topological polar surface area (TPSA) is 44.2 Å². The normalized spacial score (nSPS) is 18.9. The summed E-state index contributed by atoms with van der Waals surface area (Å²) in [7, 11) is 0. The second-order valence-electron chi connectivity index (χ2n) is 4.29. The fraction of sp³-hybridized carbons (Fsp3) is 0.667. The van der Waals surface area contributed by atoms with Gasteiger partial charge in [-0.25, -0.2) is 9.97 Å². The van der Waals surface area contributed by atoms with E-state index in [1.165, 1.54) is 0 Å². The standard InChI is InChI=1S/C12H16Cl2N2O2/c1-3-18-12(4-6-17-7-5-12)11-15-9(13)8(2)10(14)16-11/h3-7H2,1-2H3. The van der Waals surface area contributed by atoms with Gasteiger partial charge in [-0.3, -0.25) is 0 Å². The summed E-state index contributed by atoms with van der Waals surface area (Å²) >= 11 is 12.2. The van der Waals surface area contributed by atoms with Crippen LogP contribution in [0.4, 0.5) is 0 Å². The molecule has 18 heavy (non-hydrogen) atoms. The molecule has 2 rings (SSSR count). The van der Waals surface area contributed by atoms with E-state index in [0.717, 1.165) is 12.8 Å². The maximum atomic E-state index is 6.08. The molecular weight excluding hydrogens is 275 g/mol. The van der Waals surface area contributed by atoms with Crippen molar-refractivity contribution in [2.75, 3.05) is 19.8 Å². The van der Waals surface area contributed by atoms with E-state index in [0.29, 0.717) is 41.5 Å². The van der Waals surface area contributed by atoms with Crippen molar-refractivity contribution in [3.8, 4) is 0 Å². The average molecular weight is 291 g/mol. The highest BCUT2D eigenvalue weighted by molar-refractivity contribution is 6.34. The first-order chi connectivity index (χ1) is 8.59. The van der Waals surface area contributed by atoms with Crippen LogP contribution < -0.4 is 0 Å². The number of hydrogen-bond acceptors (Lipinski definition) is 4. The van der Waals surface area contributed by atoms with Gasteiger partial charge in [-0.05, 0) is 13.8 Å². The van der Waals surface area contributed by atoms with Gasteiger partial charge in [-0.15, -0.1) is 0 Å². The van der Waals surface area contributed by atoms with Gasteiger partial charge < -0.3 is 9.47 Å². The molecule has 0 radical (unpaired) electrons. The Morgan fingerprint density at radius 2 is 1.78 bits per heavy atom. The molecule has 0 N–H and O–H groups in total. The van der Waals surface area contributed by atoms with Crippen LogP contribution in [0.5, 0.6) is 0 Å². The van der Waals surface area contributed by atoms with E-state index >= 15 is 0 Å². The SMILES string of the molecule is CCOC1(c2nc(Cl)c(C)c(Cl)n2)CCOCC1. The van der Waals surface area contributed by atoms with E-state index in [2.05, 4.69) is 9.97 Å². The molecule has 1 aliphatic heterocycles. The summed E-state index contributed by atoms with van der Waals surface area (Å²) in [6.45, 7) is 5.60. The van der Waals surface area contributed by atoms with E-state index in [4.69, 9.17) is 32.7 Å². The van der Waals surface area contributed by atoms with Crippen LogP contribution in [-0.2, 0) is 15.1 Å². The Kier molecular flexibility index (Phi) is 4.43. The van der Waals surface area contributed by atoms with Gasteiger partial charge in [0, 0.05) is 38.2 Å². The zero-order valence-electron chi connectivity index (χ0n) is 10.5. The van der Waals surface area contributed by atoms with Crippen LogP contribution in [-0.4, -0.2) is 29.8 Å². The van der Waals surface area contributed by atoms with E-state index in [-0.39, 0.29) is 0 Å². The quantitative estimate of drug-likeness (QED) is 0.803. The van der Waals surface area contributed by atoms with Crippen molar-refractivity contribution in [3.05, 3.63) is 21.7 Å². The van der Waals surface area contributed by atoms with Crippen LogP contribution in [0.15, 0.2) is 0 Å². The number of rotatable bonds is 3. The maximum Gasteiger partial charge on any atom is 0.163 e. The van der Waals surface area contributed by atoms with Gasteiger partial charge in [-0.2, -0.15) is 0 Å². The Hall–Kier alpha value is -0.420. The molecule has 1 aromatic heterocycles. The van der Waals surface area contributed by atoms with Crippen LogP contribution in [0, 0.1) is 6.92 Å². The lowest BCUT2D eigenvalue weighted by atomic mass is 9.93. The fourth-order valence-corrected chi connectivity index (χ4v) is 2.46. The molecule has 1 saturated heterocycles. The van der Waals surface area contributed by atoms with Crippen LogP contribution >= 0.6 is 23.2 Å². The summed E-state index contributed by atoms with van der Waals surface area (Å²) in [5.74, 6) is 0.563. The molecule has 4 nitrogen and oxygen atoms in total. The minimum atomic E-state index is -0.520. The molecule has 0 spiro atoms. The zero-order valence-corrected chi connectivity index (χ0v) is 12.0. The molecule has 0 amide bonds. The molecular formula is C12H16Cl2N2O2. The summed E-state index contributed by atoms with van der Waals surface area (Å²) in [5, 5.41) is 0.770. The van der Waals surface area contributed by atoms with Gasteiger partial charge in [0.15, 0.2) is 5.82 Å². The molecule has 6 heteroatoms. The first kappa shape index (κ1) is 14.0. The molecule has 1 aliphatic rings. The van der Waals surface area contributed by atoms with Crippen LogP contribution in [0.1, 0.15) is 31.2 Å². The lowest BCUT2D eigenvalue weighted by Crippen LogP contribution is -2.38. The summed E-state index contributed by atoms with van der Waals surface area (Å²) < 4.78 is 11.3. The van der Waals surface area contributed by atoms with Gasteiger partial charge in [-0.1, -0.05) is 23.2 Å². The van der Waals surface area contributed by atoms with Gasteiger partial charge in [0.2, 0.25) is 0 Å². The molecule has 100 valence electrons. The Balaban J connectivity index is 2.42. The zero-order chi connectivity index (χ0) is 13.2. The lowest BCUT2D eigenvalue weighted by molar-refractivity contribution is -0.117.